The summed E-state index contributed by atoms with van der Waals surface area (Å²) >= 11 is 0. The summed E-state index contributed by atoms with van der Waals surface area (Å²) in [7, 11) is 1.65. The van der Waals surface area contributed by atoms with Crippen LogP contribution in [0.4, 0.5) is 5.69 Å². The van der Waals surface area contributed by atoms with E-state index >= 15 is 0 Å². The molecule has 0 saturated carbocycles. The number of rotatable bonds is 2. The molecule has 1 aromatic carbocycles. The summed E-state index contributed by atoms with van der Waals surface area (Å²) in [6, 6.07) is 3.90. The molecule has 0 unspecified atom stereocenters. The molecule has 0 fully saturated rings. The normalized spacial score (nSPS) is 11.9. The molecule has 0 heterocycles. The lowest BCUT2D eigenvalue weighted by Crippen LogP contribution is -2.17. The molecule has 0 amide bonds. The molecule has 0 spiro atoms. The van der Waals surface area contributed by atoms with Crippen molar-refractivity contribution in [3.63, 3.8) is 0 Å². The van der Waals surface area contributed by atoms with E-state index in [9.17, 15) is 4.79 Å². The summed E-state index contributed by atoms with van der Waals surface area (Å²) in [6.45, 7) is 12.6. The van der Waals surface area contributed by atoms with Crippen LogP contribution >= 0.6 is 0 Å². The Kier molecular flexibility index (Phi) is 4.21. The average molecular weight is 261 g/mol. The second kappa shape index (κ2) is 5.18. The van der Waals surface area contributed by atoms with Gasteiger partial charge in [0.2, 0.25) is 6.08 Å². The fourth-order valence-corrected chi connectivity index (χ4v) is 2.04. The number of methoxy groups -OCH3 is 1. The van der Waals surface area contributed by atoms with Crippen LogP contribution in [0, 0.1) is 0 Å². The quantitative estimate of drug-likeness (QED) is 0.589. The number of isocyanates is 1. The smallest absolute Gasteiger partial charge is 0.240 e. The summed E-state index contributed by atoms with van der Waals surface area (Å²) in [5.41, 5.74) is 2.48. The van der Waals surface area contributed by atoms with E-state index < -0.39 is 0 Å². The highest BCUT2D eigenvalue weighted by molar-refractivity contribution is 5.64. The predicted octanol–water partition coefficient (Wildman–Crippen LogP) is 4.26. The van der Waals surface area contributed by atoms with Crippen LogP contribution in [0.1, 0.15) is 52.7 Å². The Morgan fingerprint density at radius 1 is 1.00 bits per heavy atom. The van der Waals surface area contributed by atoms with Crippen LogP contribution in [0.25, 0.3) is 0 Å². The number of aliphatic imine (C=N–C) groups is 1. The Morgan fingerprint density at radius 2 is 1.42 bits per heavy atom. The number of ether oxygens (including phenoxy) is 1. The fourth-order valence-electron chi connectivity index (χ4n) is 2.04. The molecular formula is C16H23NO2. The van der Waals surface area contributed by atoms with Gasteiger partial charge in [-0.05, 0) is 34.1 Å². The summed E-state index contributed by atoms with van der Waals surface area (Å²) in [6.07, 6.45) is 1.68. The molecule has 0 atom stereocenters. The van der Waals surface area contributed by atoms with Gasteiger partial charge < -0.3 is 4.74 Å². The van der Waals surface area contributed by atoms with Gasteiger partial charge in [0.1, 0.15) is 5.75 Å². The molecule has 0 aliphatic carbocycles. The van der Waals surface area contributed by atoms with Gasteiger partial charge in [0.05, 0.1) is 12.8 Å². The minimum atomic E-state index is -0.121. The van der Waals surface area contributed by atoms with E-state index in [0.717, 1.165) is 22.6 Å². The molecule has 0 N–H and O–H groups in total. The van der Waals surface area contributed by atoms with Gasteiger partial charge >= 0.3 is 0 Å². The molecule has 0 saturated heterocycles. The van der Waals surface area contributed by atoms with Gasteiger partial charge in [0, 0.05) is 0 Å². The number of nitrogens with zero attached hydrogens (tertiary/aromatic N) is 1. The van der Waals surface area contributed by atoms with Crippen LogP contribution in [0.15, 0.2) is 17.1 Å². The molecule has 19 heavy (non-hydrogen) atoms. The third-order valence-electron chi connectivity index (χ3n) is 3.09. The SMILES string of the molecule is COc1cc(C(C)(C)C)c(N=C=O)c(C(C)(C)C)c1. The lowest BCUT2D eigenvalue weighted by Gasteiger charge is -2.28. The van der Waals surface area contributed by atoms with E-state index in [1.165, 1.54) is 0 Å². The average Bonchev–Trinajstić information content (AvgIpc) is 2.26. The highest BCUT2D eigenvalue weighted by Gasteiger charge is 2.27. The largest absolute Gasteiger partial charge is 0.497 e. The second-order valence-corrected chi connectivity index (χ2v) is 6.77. The molecule has 0 aliphatic rings. The monoisotopic (exact) mass is 261 g/mol. The first-order valence-electron chi connectivity index (χ1n) is 6.42. The molecule has 0 aliphatic heterocycles. The van der Waals surface area contributed by atoms with Crippen LogP contribution in [0.5, 0.6) is 5.75 Å². The van der Waals surface area contributed by atoms with Crippen LogP contribution in [-0.4, -0.2) is 13.2 Å². The first kappa shape index (κ1) is 15.5. The van der Waals surface area contributed by atoms with Crippen molar-refractivity contribution < 1.29 is 9.53 Å². The third-order valence-corrected chi connectivity index (χ3v) is 3.09. The molecule has 3 nitrogen and oxygen atoms in total. The van der Waals surface area contributed by atoms with Crippen molar-refractivity contribution in [2.75, 3.05) is 7.11 Å². The molecule has 0 radical (unpaired) electrons. The predicted molar refractivity (Wildman–Crippen MR) is 78.2 cm³/mol. The number of hydrogen-bond donors (Lipinski definition) is 0. The van der Waals surface area contributed by atoms with E-state index in [4.69, 9.17) is 4.74 Å². The van der Waals surface area contributed by atoms with Crippen molar-refractivity contribution in [2.24, 2.45) is 4.99 Å². The van der Waals surface area contributed by atoms with E-state index in [-0.39, 0.29) is 10.8 Å². The Morgan fingerprint density at radius 3 is 1.68 bits per heavy atom. The number of benzene rings is 1. The van der Waals surface area contributed by atoms with E-state index in [1.807, 2.05) is 12.1 Å². The Balaban J connectivity index is 3.75. The first-order valence-corrected chi connectivity index (χ1v) is 6.42. The fraction of sp³-hybridized carbons (Fsp3) is 0.562. The topological polar surface area (TPSA) is 38.7 Å². The van der Waals surface area contributed by atoms with Gasteiger partial charge in [-0.1, -0.05) is 41.5 Å². The zero-order valence-corrected chi connectivity index (χ0v) is 12.9. The van der Waals surface area contributed by atoms with Crippen LogP contribution in [0.3, 0.4) is 0 Å². The maximum Gasteiger partial charge on any atom is 0.240 e. The van der Waals surface area contributed by atoms with Crippen LogP contribution in [-0.2, 0) is 15.6 Å². The van der Waals surface area contributed by atoms with Crippen molar-refractivity contribution in [2.45, 2.75) is 52.4 Å². The number of hydrogen-bond acceptors (Lipinski definition) is 3. The summed E-state index contributed by atoms with van der Waals surface area (Å²) in [4.78, 5) is 14.7. The van der Waals surface area contributed by atoms with Gasteiger partial charge in [-0.2, -0.15) is 4.99 Å². The lowest BCUT2D eigenvalue weighted by molar-refractivity contribution is 0.410. The minimum absolute atomic E-state index is 0.121. The van der Waals surface area contributed by atoms with E-state index in [2.05, 4.69) is 46.5 Å². The van der Waals surface area contributed by atoms with Gasteiger partial charge in [-0.15, -0.1) is 0 Å². The van der Waals surface area contributed by atoms with Crippen LogP contribution in [0.2, 0.25) is 0 Å². The molecule has 104 valence electrons. The van der Waals surface area contributed by atoms with Crippen molar-refractivity contribution in [3.8, 4) is 5.75 Å². The second-order valence-electron chi connectivity index (χ2n) is 6.77. The van der Waals surface area contributed by atoms with Gasteiger partial charge in [0.25, 0.3) is 0 Å². The Bertz CT molecular complexity index is 478. The zero-order valence-electron chi connectivity index (χ0n) is 12.9. The van der Waals surface area contributed by atoms with Crippen LogP contribution < -0.4 is 4.74 Å². The third kappa shape index (κ3) is 3.45. The van der Waals surface area contributed by atoms with Crippen molar-refractivity contribution in [1.82, 2.24) is 0 Å². The summed E-state index contributed by atoms with van der Waals surface area (Å²) in [5.74, 6) is 0.791. The summed E-state index contributed by atoms with van der Waals surface area (Å²) < 4.78 is 5.38. The Hall–Kier alpha value is -1.60. The minimum Gasteiger partial charge on any atom is -0.497 e. The highest BCUT2D eigenvalue weighted by atomic mass is 16.5. The molecule has 1 aromatic rings. The zero-order chi connectivity index (χ0) is 14.8. The van der Waals surface area contributed by atoms with E-state index in [0.29, 0.717) is 0 Å². The maximum atomic E-state index is 10.8. The molecular weight excluding hydrogens is 238 g/mol. The van der Waals surface area contributed by atoms with Gasteiger partial charge in [-0.3, -0.25) is 0 Å². The molecule has 0 aromatic heterocycles. The first-order chi connectivity index (χ1) is 8.61. The van der Waals surface area contributed by atoms with Gasteiger partial charge in [-0.25, -0.2) is 4.79 Å². The lowest BCUT2D eigenvalue weighted by atomic mass is 9.78. The highest BCUT2D eigenvalue weighted by Crippen LogP contribution is 2.42. The molecule has 0 bridgehead atoms. The maximum absolute atomic E-state index is 10.8. The molecule has 3 heteroatoms. The van der Waals surface area contributed by atoms with Crippen molar-refractivity contribution >= 4 is 11.8 Å². The Labute approximate surface area is 115 Å². The van der Waals surface area contributed by atoms with Crippen molar-refractivity contribution in [1.29, 1.82) is 0 Å². The standard InChI is InChI=1S/C16H23NO2/c1-15(2,3)12-8-11(19-7)9-13(16(4,5)6)14(12)17-10-18/h8-9H,1-7H3. The van der Waals surface area contributed by atoms with Crippen molar-refractivity contribution in [3.05, 3.63) is 23.3 Å². The van der Waals surface area contributed by atoms with E-state index in [1.54, 1.807) is 13.2 Å². The molecule has 1 rings (SSSR count). The van der Waals surface area contributed by atoms with Gasteiger partial charge in [0.15, 0.2) is 0 Å². The summed E-state index contributed by atoms with van der Waals surface area (Å²) in [5, 5.41) is 0. The number of carbonyl (C=O) groups excluding carboxylic acids is 1.